The van der Waals surface area contributed by atoms with Gasteiger partial charge >= 0.3 is 0 Å². The van der Waals surface area contributed by atoms with Gasteiger partial charge in [0, 0.05) is 31.5 Å². The first-order chi connectivity index (χ1) is 8.68. The molecule has 0 bridgehead atoms. The molecular formula is C15H14N2O. The molecule has 0 saturated carbocycles. The summed E-state index contributed by atoms with van der Waals surface area (Å²) in [6, 6.07) is 11.9. The standard InChI is InChI=1S/C15H14N2O/c1-16-9-5-6-11(16)10-13-12-7-3-4-8-14(12)17(2)15(13)18/h3-10H,1-2H3/b13-10-. The SMILES string of the molecule is CN1C(=O)/C(=C\c2cccn2C)c2ccccc21. The third kappa shape index (κ3) is 1.48. The maximum absolute atomic E-state index is 12.2. The summed E-state index contributed by atoms with van der Waals surface area (Å²) in [4.78, 5) is 13.9. The van der Waals surface area contributed by atoms with Crippen LogP contribution >= 0.6 is 0 Å². The van der Waals surface area contributed by atoms with Crippen LogP contribution in [0.3, 0.4) is 0 Å². The van der Waals surface area contributed by atoms with Crippen LogP contribution in [0.1, 0.15) is 11.3 Å². The van der Waals surface area contributed by atoms with E-state index >= 15 is 0 Å². The Balaban J connectivity index is 2.17. The highest BCUT2D eigenvalue weighted by Gasteiger charge is 2.29. The van der Waals surface area contributed by atoms with Gasteiger partial charge in [0.05, 0.1) is 11.3 Å². The molecule has 0 saturated heterocycles. The van der Waals surface area contributed by atoms with Crippen molar-refractivity contribution in [3.05, 3.63) is 53.9 Å². The first-order valence-electron chi connectivity index (χ1n) is 5.89. The molecule has 3 nitrogen and oxygen atoms in total. The molecule has 2 aromatic rings. The molecule has 18 heavy (non-hydrogen) atoms. The molecule has 0 atom stereocenters. The summed E-state index contributed by atoms with van der Waals surface area (Å²) in [6.07, 6.45) is 3.92. The number of fused-ring (bicyclic) bond motifs is 1. The lowest BCUT2D eigenvalue weighted by atomic mass is 10.1. The molecule has 2 heterocycles. The zero-order chi connectivity index (χ0) is 12.7. The predicted octanol–water partition coefficient (Wildman–Crippen LogP) is 2.54. The Morgan fingerprint density at radius 3 is 2.56 bits per heavy atom. The van der Waals surface area contributed by atoms with Crippen LogP contribution < -0.4 is 4.90 Å². The van der Waals surface area contributed by atoms with Crippen LogP contribution in [0, 0.1) is 0 Å². The topological polar surface area (TPSA) is 25.2 Å². The molecule has 0 spiro atoms. The van der Waals surface area contributed by atoms with Crippen molar-refractivity contribution >= 4 is 23.2 Å². The number of aromatic nitrogens is 1. The molecule has 3 heteroatoms. The van der Waals surface area contributed by atoms with Gasteiger partial charge in [0.1, 0.15) is 0 Å². The molecule has 0 unspecified atom stereocenters. The fourth-order valence-electron chi connectivity index (χ4n) is 2.31. The predicted molar refractivity (Wildman–Crippen MR) is 73.1 cm³/mol. The van der Waals surface area contributed by atoms with Crippen LogP contribution in [0.2, 0.25) is 0 Å². The van der Waals surface area contributed by atoms with Crippen molar-refractivity contribution < 1.29 is 4.79 Å². The molecule has 1 aromatic heterocycles. The lowest BCUT2D eigenvalue weighted by Crippen LogP contribution is -2.20. The van der Waals surface area contributed by atoms with E-state index in [1.807, 2.05) is 67.3 Å². The average molecular weight is 238 g/mol. The van der Waals surface area contributed by atoms with Gasteiger partial charge in [0.15, 0.2) is 0 Å². The highest BCUT2D eigenvalue weighted by atomic mass is 16.2. The third-order valence-electron chi connectivity index (χ3n) is 3.37. The highest BCUT2D eigenvalue weighted by Crippen LogP contribution is 2.36. The summed E-state index contributed by atoms with van der Waals surface area (Å²) in [5.74, 6) is 0.0531. The highest BCUT2D eigenvalue weighted by molar-refractivity contribution is 6.35. The molecule has 90 valence electrons. The minimum atomic E-state index is 0.0531. The maximum atomic E-state index is 12.2. The van der Waals surface area contributed by atoms with Crippen LogP contribution in [-0.4, -0.2) is 17.5 Å². The number of amides is 1. The molecular weight excluding hydrogens is 224 g/mol. The largest absolute Gasteiger partial charge is 0.351 e. The quantitative estimate of drug-likeness (QED) is 0.701. The van der Waals surface area contributed by atoms with E-state index < -0.39 is 0 Å². The van der Waals surface area contributed by atoms with Gasteiger partial charge in [-0.05, 0) is 24.3 Å². The smallest absolute Gasteiger partial charge is 0.258 e. The minimum Gasteiger partial charge on any atom is -0.351 e. The van der Waals surface area contributed by atoms with Crippen molar-refractivity contribution in [2.75, 3.05) is 11.9 Å². The summed E-state index contributed by atoms with van der Waals surface area (Å²) in [5.41, 5.74) is 3.77. The van der Waals surface area contributed by atoms with E-state index in [0.717, 1.165) is 22.5 Å². The summed E-state index contributed by atoms with van der Waals surface area (Å²) in [5, 5.41) is 0. The van der Waals surface area contributed by atoms with Crippen molar-refractivity contribution in [2.24, 2.45) is 7.05 Å². The Kier molecular flexibility index (Phi) is 2.33. The van der Waals surface area contributed by atoms with Crippen LogP contribution in [0.5, 0.6) is 0 Å². The average Bonchev–Trinajstić information content (AvgIpc) is 2.88. The van der Waals surface area contributed by atoms with Crippen molar-refractivity contribution in [2.45, 2.75) is 0 Å². The second-order valence-electron chi connectivity index (χ2n) is 4.48. The van der Waals surface area contributed by atoms with Crippen LogP contribution in [-0.2, 0) is 11.8 Å². The first kappa shape index (κ1) is 10.8. The molecule has 1 aromatic carbocycles. The van der Waals surface area contributed by atoms with E-state index in [9.17, 15) is 4.79 Å². The normalized spacial score (nSPS) is 16.4. The number of hydrogen-bond acceptors (Lipinski definition) is 1. The number of anilines is 1. The first-order valence-corrected chi connectivity index (χ1v) is 5.89. The summed E-state index contributed by atoms with van der Waals surface area (Å²) in [6.45, 7) is 0. The Morgan fingerprint density at radius 2 is 1.83 bits per heavy atom. The molecule has 0 fully saturated rings. The van der Waals surface area contributed by atoms with Crippen molar-refractivity contribution in [3.8, 4) is 0 Å². The number of aryl methyl sites for hydroxylation is 1. The monoisotopic (exact) mass is 238 g/mol. The lowest BCUT2D eigenvalue weighted by Gasteiger charge is -2.07. The Morgan fingerprint density at radius 1 is 1.06 bits per heavy atom. The molecule has 1 amide bonds. The van der Waals surface area contributed by atoms with Gasteiger partial charge in [-0.3, -0.25) is 4.79 Å². The Bertz CT molecular complexity index is 652. The van der Waals surface area contributed by atoms with Gasteiger partial charge in [0.2, 0.25) is 0 Å². The van der Waals surface area contributed by atoms with E-state index in [4.69, 9.17) is 0 Å². The van der Waals surface area contributed by atoms with E-state index in [2.05, 4.69) is 0 Å². The van der Waals surface area contributed by atoms with Gasteiger partial charge in [-0.25, -0.2) is 0 Å². The molecule has 0 radical (unpaired) electrons. The second kappa shape index (κ2) is 3.88. The second-order valence-corrected chi connectivity index (χ2v) is 4.48. The van der Waals surface area contributed by atoms with Gasteiger partial charge in [-0.1, -0.05) is 18.2 Å². The van der Waals surface area contributed by atoms with Crippen LogP contribution in [0.4, 0.5) is 5.69 Å². The molecule has 0 N–H and O–H groups in total. The zero-order valence-electron chi connectivity index (χ0n) is 10.4. The number of hydrogen-bond donors (Lipinski definition) is 0. The number of rotatable bonds is 1. The lowest BCUT2D eigenvalue weighted by molar-refractivity contribution is -0.112. The Hall–Kier alpha value is -2.29. The number of benzene rings is 1. The van der Waals surface area contributed by atoms with Gasteiger partial charge in [-0.2, -0.15) is 0 Å². The number of para-hydroxylation sites is 1. The summed E-state index contributed by atoms with van der Waals surface area (Å²) >= 11 is 0. The maximum Gasteiger partial charge on any atom is 0.258 e. The summed E-state index contributed by atoms with van der Waals surface area (Å²) < 4.78 is 2.00. The van der Waals surface area contributed by atoms with E-state index in [-0.39, 0.29) is 5.91 Å². The number of carbonyl (C=O) groups is 1. The fourth-order valence-corrected chi connectivity index (χ4v) is 2.31. The minimum absolute atomic E-state index is 0.0531. The number of likely N-dealkylation sites (N-methyl/N-ethyl adjacent to an activating group) is 1. The summed E-state index contributed by atoms with van der Waals surface area (Å²) in [7, 11) is 3.79. The van der Waals surface area contributed by atoms with E-state index in [0.29, 0.717) is 0 Å². The fraction of sp³-hybridized carbons (Fsp3) is 0.133. The van der Waals surface area contributed by atoms with Crippen LogP contribution in [0.25, 0.3) is 11.6 Å². The van der Waals surface area contributed by atoms with Gasteiger partial charge < -0.3 is 9.47 Å². The number of nitrogens with zero attached hydrogens (tertiary/aromatic N) is 2. The third-order valence-corrected chi connectivity index (χ3v) is 3.37. The van der Waals surface area contributed by atoms with Crippen molar-refractivity contribution in [1.29, 1.82) is 0 Å². The van der Waals surface area contributed by atoms with Crippen molar-refractivity contribution in [1.82, 2.24) is 4.57 Å². The Labute approximate surface area is 106 Å². The van der Waals surface area contributed by atoms with E-state index in [1.54, 1.807) is 4.90 Å². The molecule has 1 aliphatic heterocycles. The molecule has 0 aliphatic carbocycles. The zero-order valence-corrected chi connectivity index (χ0v) is 10.4. The molecule has 1 aliphatic rings. The van der Waals surface area contributed by atoms with Gasteiger partial charge in [-0.15, -0.1) is 0 Å². The van der Waals surface area contributed by atoms with E-state index in [1.165, 1.54) is 0 Å². The van der Waals surface area contributed by atoms with Gasteiger partial charge in [0.25, 0.3) is 5.91 Å². The number of carbonyl (C=O) groups excluding carboxylic acids is 1. The van der Waals surface area contributed by atoms with Crippen molar-refractivity contribution in [3.63, 3.8) is 0 Å². The van der Waals surface area contributed by atoms with Crippen LogP contribution in [0.15, 0.2) is 42.6 Å². The molecule has 3 rings (SSSR count).